The number of carbonyl (C=O) groups is 2. The Morgan fingerprint density at radius 2 is 1.50 bits per heavy atom. The molecule has 2 fully saturated rings. The minimum Gasteiger partial charge on any atom is -0.274 e. The van der Waals surface area contributed by atoms with E-state index >= 15 is 0 Å². The molecule has 0 unspecified atom stereocenters. The van der Waals surface area contributed by atoms with E-state index in [1.165, 1.54) is 9.58 Å². The Morgan fingerprint density at radius 3 is 2.19 bits per heavy atom. The fourth-order valence-electron chi connectivity index (χ4n) is 4.77. The number of rotatable bonds is 4. The van der Waals surface area contributed by atoms with E-state index in [1.54, 1.807) is 24.3 Å². The van der Waals surface area contributed by atoms with Crippen molar-refractivity contribution >= 4 is 17.5 Å². The van der Waals surface area contributed by atoms with Crippen LogP contribution in [0.25, 0.3) is 0 Å². The highest BCUT2D eigenvalue weighted by Crippen LogP contribution is 2.45. The van der Waals surface area contributed by atoms with E-state index in [0.717, 1.165) is 10.1 Å². The van der Waals surface area contributed by atoms with E-state index in [4.69, 9.17) is 0 Å². The molecule has 1 saturated carbocycles. The third-order valence-corrected chi connectivity index (χ3v) is 6.40. The molecule has 3 aromatic rings. The molecule has 2 amide bonds. The molecule has 3 atom stereocenters. The van der Waals surface area contributed by atoms with Gasteiger partial charge in [0.05, 0.1) is 30.1 Å². The molecule has 2 aliphatic rings. The number of anilines is 1. The molecule has 1 saturated heterocycles. The largest absolute Gasteiger partial charge is 0.347 e. The van der Waals surface area contributed by atoms with Crippen molar-refractivity contribution in [3.63, 3.8) is 0 Å². The number of fused-ring (bicyclic) bond motifs is 1. The quantitative estimate of drug-likeness (QED) is 0.506. The fourth-order valence-corrected chi connectivity index (χ4v) is 4.77. The van der Waals surface area contributed by atoms with Crippen LogP contribution in [0.3, 0.4) is 0 Å². The van der Waals surface area contributed by atoms with Crippen molar-refractivity contribution < 1.29 is 9.59 Å². The summed E-state index contributed by atoms with van der Waals surface area (Å²) in [6.07, 6.45) is 0.532. The summed E-state index contributed by atoms with van der Waals surface area (Å²) >= 11 is 0. The summed E-state index contributed by atoms with van der Waals surface area (Å²) in [5.74, 6) is -1.58. The van der Waals surface area contributed by atoms with Gasteiger partial charge in [-0.2, -0.15) is 0 Å². The van der Waals surface area contributed by atoms with Gasteiger partial charge in [0.1, 0.15) is 0 Å². The van der Waals surface area contributed by atoms with Crippen LogP contribution in [0.5, 0.6) is 0 Å². The van der Waals surface area contributed by atoms with Crippen LogP contribution in [0, 0.1) is 11.8 Å². The van der Waals surface area contributed by atoms with Crippen LogP contribution >= 0.6 is 0 Å². The van der Waals surface area contributed by atoms with Gasteiger partial charge in [0.15, 0.2) is 0 Å². The highest BCUT2D eigenvalue weighted by molar-refractivity contribution is 6.22. The molecule has 1 N–H and O–H groups in total. The van der Waals surface area contributed by atoms with Crippen molar-refractivity contribution in [1.82, 2.24) is 14.3 Å². The summed E-state index contributed by atoms with van der Waals surface area (Å²) in [4.78, 5) is 53.0. The fraction of sp³-hybridized carbons (Fsp3) is 0.250. The highest BCUT2D eigenvalue weighted by Gasteiger charge is 2.52. The number of nitrogens with zero attached hydrogens (tertiary/aromatic N) is 3. The maximum atomic E-state index is 13.1. The van der Waals surface area contributed by atoms with Gasteiger partial charge in [0, 0.05) is 0 Å². The molecule has 8 nitrogen and oxygen atoms in total. The van der Waals surface area contributed by atoms with Gasteiger partial charge in [-0.05, 0) is 30.5 Å². The summed E-state index contributed by atoms with van der Waals surface area (Å²) in [5.41, 5.74) is 1.01. The monoisotopic (exact) mass is 430 g/mol. The van der Waals surface area contributed by atoms with Gasteiger partial charge in [0.25, 0.3) is 0 Å². The molecule has 1 aromatic heterocycles. The number of para-hydroxylation sites is 1. The first-order valence-electron chi connectivity index (χ1n) is 10.5. The van der Waals surface area contributed by atoms with Crippen LogP contribution in [-0.2, 0) is 16.1 Å². The van der Waals surface area contributed by atoms with Crippen LogP contribution in [0.1, 0.15) is 24.4 Å². The normalized spacial score (nSPS) is 22.9. The smallest absolute Gasteiger partial charge is 0.274 e. The molecule has 2 heterocycles. The molecule has 2 aromatic carbocycles. The minimum absolute atomic E-state index is 0.145. The zero-order chi connectivity index (χ0) is 22.4. The lowest BCUT2D eigenvalue weighted by Gasteiger charge is -2.30. The number of allylic oxidation sites excluding steroid dienone is 1. The first kappa shape index (κ1) is 20.0. The molecule has 1 aliphatic heterocycles. The lowest BCUT2D eigenvalue weighted by atomic mass is 9.76. The van der Waals surface area contributed by atoms with Crippen LogP contribution < -0.4 is 16.3 Å². The topological polar surface area (TPSA) is 97.2 Å². The summed E-state index contributed by atoms with van der Waals surface area (Å²) in [6.45, 7) is 4.23. The van der Waals surface area contributed by atoms with Crippen LogP contribution in [0.2, 0.25) is 0 Å². The lowest BCUT2D eigenvalue weighted by molar-refractivity contribution is -0.122. The van der Waals surface area contributed by atoms with E-state index in [-0.39, 0.29) is 24.8 Å². The zero-order valence-electron chi connectivity index (χ0n) is 17.3. The number of imide groups is 1. The number of H-pyrrole nitrogens is 1. The number of aromatic nitrogens is 3. The van der Waals surface area contributed by atoms with Crippen molar-refractivity contribution in [3.8, 4) is 0 Å². The van der Waals surface area contributed by atoms with Gasteiger partial charge in [-0.25, -0.2) is 23.9 Å². The maximum absolute atomic E-state index is 13.1. The molecule has 162 valence electrons. The van der Waals surface area contributed by atoms with Crippen molar-refractivity contribution in [2.45, 2.75) is 25.4 Å². The predicted octanol–water partition coefficient (Wildman–Crippen LogP) is 2.08. The number of aromatic amines is 1. The molecular weight excluding hydrogens is 408 g/mol. The summed E-state index contributed by atoms with van der Waals surface area (Å²) in [5, 5.41) is 2.62. The Hall–Kier alpha value is -3.94. The van der Waals surface area contributed by atoms with Gasteiger partial charge in [-0.1, -0.05) is 60.7 Å². The molecule has 0 spiro atoms. The molecule has 5 rings (SSSR count). The van der Waals surface area contributed by atoms with Gasteiger partial charge in [0.2, 0.25) is 11.8 Å². The van der Waals surface area contributed by atoms with Crippen molar-refractivity contribution in [3.05, 3.63) is 99.3 Å². The molecule has 8 heteroatoms. The van der Waals surface area contributed by atoms with Crippen molar-refractivity contribution in [2.24, 2.45) is 11.8 Å². The lowest BCUT2D eigenvalue weighted by Crippen LogP contribution is -2.36. The molecule has 0 bridgehead atoms. The summed E-state index contributed by atoms with van der Waals surface area (Å²) < 4.78 is 2.39. The van der Waals surface area contributed by atoms with Gasteiger partial charge in [-0.3, -0.25) is 14.5 Å². The third-order valence-electron chi connectivity index (χ3n) is 6.40. The van der Waals surface area contributed by atoms with E-state index in [2.05, 4.69) is 11.7 Å². The Kier molecular flexibility index (Phi) is 4.77. The molecule has 0 radical (unpaired) electrons. The Morgan fingerprint density at radius 1 is 0.875 bits per heavy atom. The molecule has 32 heavy (non-hydrogen) atoms. The second-order valence-electron chi connectivity index (χ2n) is 8.32. The van der Waals surface area contributed by atoms with E-state index in [0.29, 0.717) is 17.7 Å². The summed E-state index contributed by atoms with van der Waals surface area (Å²) in [6, 6.07) is 17.5. The Labute approximate surface area is 183 Å². The third kappa shape index (κ3) is 3.15. The number of nitrogens with one attached hydrogen (secondary N) is 1. The number of benzene rings is 2. The van der Waals surface area contributed by atoms with E-state index in [1.807, 2.05) is 36.4 Å². The second kappa shape index (κ2) is 7.64. The molecular formula is C24H22N4O4. The Bertz CT molecular complexity index is 1320. The van der Waals surface area contributed by atoms with Crippen LogP contribution in [0.15, 0.2) is 82.4 Å². The zero-order valence-corrected chi connectivity index (χ0v) is 17.3. The van der Waals surface area contributed by atoms with E-state index < -0.39 is 29.3 Å². The second-order valence-corrected chi connectivity index (χ2v) is 8.32. The number of carbonyl (C=O) groups excluding carboxylic acids is 2. The number of hydrogen-bond donors (Lipinski definition) is 1. The first-order chi connectivity index (χ1) is 15.5. The maximum Gasteiger partial charge on any atom is 0.347 e. The number of amides is 2. The highest BCUT2D eigenvalue weighted by atomic mass is 16.2. The average molecular weight is 430 g/mol. The van der Waals surface area contributed by atoms with Gasteiger partial charge < -0.3 is 0 Å². The van der Waals surface area contributed by atoms with E-state index in [9.17, 15) is 19.2 Å². The number of hydrogen-bond acceptors (Lipinski definition) is 4. The Balaban J connectivity index is 1.45. The van der Waals surface area contributed by atoms with Crippen molar-refractivity contribution in [2.75, 3.05) is 4.90 Å². The van der Waals surface area contributed by atoms with Crippen LogP contribution in [-0.4, -0.2) is 26.2 Å². The SMILES string of the molecule is C=C1C[C@H]2C(=O)N(c3ccccc3)C(=O)[C@H]2C[C@@H]1n1[nH]c(=O)n(Cc2ccccc2)c1=O. The van der Waals surface area contributed by atoms with Gasteiger partial charge >= 0.3 is 11.4 Å². The average Bonchev–Trinajstić information content (AvgIpc) is 3.21. The molecule has 1 aliphatic carbocycles. The predicted molar refractivity (Wildman–Crippen MR) is 118 cm³/mol. The van der Waals surface area contributed by atoms with Crippen LogP contribution in [0.4, 0.5) is 5.69 Å². The van der Waals surface area contributed by atoms with Gasteiger partial charge in [-0.15, -0.1) is 0 Å². The van der Waals surface area contributed by atoms with Crippen molar-refractivity contribution in [1.29, 1.82) is 0 Å². The first-order valence-corrected chi connectivity index (χ1v) is 10.5. The summed E-state index contributed by atoms with van der Waals surface area (Å²) in [7, 11) is 0. The standard InChI is InChI=1S/C24H22N4O4/c1-15-12-18-19(22(30)27(21(18)29)17-10-6-3-7-11-17)13-20(15)28-24(32)26(23(31)25-28)14-16-8-4-2-5-9-16/h2-11,18-20H,1,12-14H2,(H,25,31)/t18-,19+,20+/m1/s1. The minimum atomic E-state index is -0.564.